The highest BCUT2D eigenvalue weighted by atomic mass is 32.2. The molecule has 7 nitrogen and oxygen atoms in total. The topological polar surface area (TPSA) is 122 Å². The lowest BCUT2D eigenvalue weighted by atomic mass is 10.3. The molecule has 0 aliphatic carbocycles. The van der Waals surface area contributed by atoms with Crippen molar-refractivity contribution in [1.82, 2.24) is 9.97 Å². The normalized spacial score (nSPS) is 10.1. The number of thiophene rings is 1. The number of hydrogen-bond donors (Lipinski definition) is 2. The highest BCUT2D eigenvalue weighted by molar-refractivity contribution is 8.00. The van der Waals surface area contributed by atoms with Gasteiger partial charge in [-0.25, -0.2) is 9.97 Å². The molecule has 0 unspecified atom stereocenters. The van der Waals surface area contributed by atoms with Gasteiger partial charge in [-0.2, -0.15) is 5.26 Å². The first-order valence-corrected chi connectivity index (χ1v) is 8.34. The number of anilines is 1. The van der Waals surface area contributed by atoms with Crippen molar-refractivity contribution in [3.05, 3.63) is 34.1 Å². The van der Waals surface area contributed by atoms with Crippen LogP contribution in [0.1, 0.15) is 27.4 Å². The van der Waals surface area contributed by atoms with Crippen LogP contribution in [0.5, 0.6) is 0 Å². The summed E-state index contributed by atoms with van der Waals surface area (Å²) in [5.74, 6) is -0.305. The molecule has 0 fully saturated rings. The van der Waals surface area contributed by atoms with Gasteiger partial charge in [0.1, 0.15) is 27.5 Å². The summed E-state index contributed by atoms with van der Waals surface area (Å²) in [6.07, 6.45) is 0. The minimum Gasteiger partial charge on any atom is -0.366 e. The summed E-state index contributed by atoms with van der Waals surface area (Å²) in [7, 11) is 0. The van der Waals surface area contributed by atoms with Crippen molar-refractivity contribution in [2.24, 2.45) is 5.73 Å². The molecule has 2 aromatic rings. The third-order valence-electron chi connectivity index (χ3n) is 2.80. The van der Waals surface area contributed by atoms with Gasteiger partial charge in [0.25, 0.3) is 5.91 Å². The lowest BCUT2D eigenvalue weighted by Gasteiger charge is -2.07. The number of aryl methyl sites for hydroxylation is 2. The van der Waals surface area contributed by atoms with E-state index < -0.39 is 5.91 Å². The number of carbonyl (C=O) groups is 2. The van der Waals surface area contributed by atoms with Gasteiger partial charge in [0.2, 0.25) is 5.91 Å². The molecule has 0 radical (unpaired) electrons. The van der Waals surface area contributed by atoms with E-state index in [0.717, 1.165) is 11.8 Å². The molecule has 0 aromatic carbocycles. The molecule has 118 valence electrons. The molecular weight excluding hydrogens is 334 g/mol. The van der Waals surface area contributed by atoms with Crippen molar-refractivity contribution >= 4 is 39.9 Å². The van der Waals surface area contributed by atoms with Gasteiger partial charge >= 0.3 is 0 Å². The van der Waals surface area contributed by atoms with Crippen LogP contribution in [0.3, 0.4) is 0 Å². The Balaban J connectivity index is 2.07. The fourth-order valence-electron chi connectivity index (χ4n) is 1.81. The quantitative estimate of drug-likeness (QED) is 0.629. The number of nitriles is 1. The van der Waals surface area contributed by atoms with Gasteiger partial charge in [-0.15, -0.1) is 11.3 Å². The van der Waals surface area contributed by atoms with Gasteiger partial charge in [-0.3, -0.25) is 9.59 Å². The molecule has 0 aliphatic rings. The van der Waals surface area contributed by atoms with Crippen molar-refractivity contribution in [2.75, 3.05) is 11.1 Å². The predicted octanol–water partition coefficient (Wildman–Crippen LogP) is 1.86. The molecule has 0 aliphatic heterocycles. The molecule has 0 saturated heterocycles. The third kappa shape index (κ3) is 4.06. The summed E-state index contributed by atoms with van der Waals surface area (Å²) >= 11 is 2.37. The Labute approximate surface area is 140 Å². The average molecular weight is 347 g/mol. The Morgan fingerprint density at radius 2 is 2.17 bits per heavy atom. The summed E-state index contributed by atoms with van der Waals surface area (Å²) < 4.78 is 0. The Morgan fingerprint density at radius 1 is 1.43 bits per heavy atom. The van der Waals surface area contributed by atoms with Crippen LogP contribution in [0, 0.1) is 25.2 Å². The van der Waals surface area contributed by atoms with Crippen LogP contribution in [0.15, 0.2) is 16.5 Å². The number of nitrogens with zero attached hydrogens (tertiary/aromatic N) is 3. The zero-order chi connectivity index (χ0) is 17.0. The number of rotatable bonds is 5. The summed E-state index contributed by atoms with van der Waals surface area (Å²) in [5, 5.41) is 14.4. The lowest BCUT2D eigenvalue weighted by molar-refractivity contribution is -0.113. The number of primary amides is 1. The molecule has 0 bridgehead atoms. The summed E-state index contributed by atoms with van der Waals surface area (Å²) in [4.78, 5) is 31.6. The van der Waals surface area contributed by atoms with Crippen LogP contribution >= 0.6 is 23.1 Å². The largest absolute Gasteiger partial charge is 0.366 e. The number of amides is 2. The number of aromatic nitrogens is 2. The highest BCUT2D eigenvalue weighted by Crippen LogP contribution is 2.25. The highest BCUT2D eigenvalue weighted by Gasteiger charge is 2.15. The third-order valence-corrected chi connectivity index (χ3v) is 4.61. The molecule has 0 saturated carbocycles. The zero-order valence-electron chi connectivity index (χ0n) is 12.4. The predicted molar refractivity (Wildman–Crippen MR) is 88.4 cm³/mol. The monoisotopic (exact) mass is 347 g/mol. The van der Waals surface area contributed by atoms with Crippen LogP contribution in [-0.2, 0) is 4.79 Å². The molecule has 2 rings (SSSR count). The van der Waals surface area contributed by atoms with E-state index >= 15 is 0 Å². The Morgan fingerprint density at radius 3 is 2.83 bits per heavy atom. The van der Waals surface area contributed by atoms with E-state index in [1.54, 1.807) is 25.3 Å². The average Bonchev–Trinajstić information content (AvgIpc) is 2.93. The van der Waals surface area contributed by atoms with E-state index in [4.69, 9.17) is 11.0 Å². The Kier molecular flexibility index (Phi) is 5.31. The molecular formula is C14H13N5O2S2. The molecule has 3 N–H and O–H groups in total. The molecule has 2 aromatic heterocycles. The van der Waals surface area contributed by atoms with Gasteiger partial charge in [-0.1, -0.05) is 11.8 Å². The van der Waals surface area contributed by atoms with Crippen molar-refractivity contribution in [3.8, 4) is 6.07 Å². The minimum absolute atomic E-state index is 0.0562. The second-order valence-corrected chi connectivity index (χ2v) is 6.39. The first kappa shape index (κ1) is 16.9. The SMILES string of the molecule is Cc1nc(C)c(C#N)c(SCC(=O)Nc2sccc2C(N)=O)n1. The number of hydrogen-bond acceptors (Lipinski definition) is 7. The van der Waals surface area contributed by atoms with Crippen LogP contribution < -0.4 is 11.1 Å². The molecule has 2 heterocycles. The second-order valence-electron chi connectivity index (χ2n) is 4.51. The van der Waals surface area contributed by atoms with E-state index in [1.807, 2.05) is 6.07 Å². The number of nitrogens with two attached hydrogens (primary N) is 1. The smallest absolute Gasteiger partial charge is 0.251 e. The first-order valence-electron chi connectivity index (χ1n) is 6.47. The van der Waals surface area contributed by atoms with Gasteiger partial charge < -0.3 is 11.1 Å². The molecule has 0 atom stereocenters. The molecule has 2 amide bonds. The minimum atomic E-state index is -0.594. The maximum Gasteiger partial charge on any atom is 0.251 e. The van der Waals surface area contributed by atoms with E-state index in [1.165, 1.54) is 11.3 Å². The van der Waals surface area contributed by atoms with Gasteiger partial charge in [-0.05, 0) is 25.3 Å². The van der Waals surface area contributed by atoms with Crippen molar-refractivity contribution in [2.45, 2.75) is 18.9 Å². The Bertz CT molecular complexity index is 810. The summed E-state index contributed by atoms with van der Waals surface area (Å²) in [5.41, 5.74) is 6.45. The molecule has 9 heteroatoms. The number of carbonyl (C=O) groups excluding carboxylic acids is 2. The van der Waals surface area contributed by atoms with Gasteiger partial charge in [0.05, 0.1) is 17.0 Å². The number of thioether (sulfide) groups is 1. The van der Waals surface area contributed by atoms with Gasteiger partial charge in [0, 0.05) is 0 Å². The number of nitrogens with one attached hydrogen (secondary N) is 1. The summed E-state index contributed by atoms with van der Waals surface area (Å²) in [6.45, 7) is 3.45. The van der Waals surface area contributed by atoms with Crippen molar-refractivity contribution in [1.29, 1.82) is 5.26 Å². The first-order chi connectivity index (χ1) is 10.9. The van der Waals surface area contributed by atoms with Crippen LogP contribution in [0.2, 0.25) is 0 Å². The molecule has 23 heavy (non-hydrogen) atoms. The second kappa shape index (κ2) is 7.21. The maximum absolute atomic E-state index is 12.0. The lowest BCUT2D eigenvalue weighted by Crippen LogP contribution is -2.18. The standard InChI is InChI=1S/C14H13N5O2S2/c1-7-10(5-15)14(18-8(2)17-7)23-6-11(20)19-13-9(12(16)21)3-4-22-13/h3-4H,6H2,1-2H3,(H2,16,21)(H,19,20). The van der Waals surface area contributed by atoms with Crippen LogP contribution in [0.4, 0.5) is 5.00 Å². The fraction of sp³-hybridized carbons (Fsp3) is 0.214. The molecule has 0 spiro atoms. The summed E-state index contributed by atoms with van der Waals surface area (Å²) in [6, 6.07) is 3.60. The van der Waals surface area contributed by atoms with Crippen molar-refractivity contribution < 1.29 is 9.59 Å². The Hall–Kier alpha value is -2.44. The maximum atomic E-state index is 12.0. The van der Waals surface area contributed by atoms with E-state index in [9.17, 15) is 9.59 Å². The van der Waals surface area contributed by atoms with Crippen molar-refractivity contribution in [3.63, 3.8) is 0 Å². The van der Waals surface area contributed by atoms with Crippen LogP contribution in [-0.4, -0.2) is 27.5 Å². The van der Waals surface area contributed by atoms with Gasteiger partial charge in [0.15, 0.2) is 0 Å². The zero-order valence-corrected chi connectivity index (χ0v) is 14.0. The van der Waals surface area contributed by atoms with E-state index in [2.05, 4.69) is 15.3 Å². The fourth-order valence-corrected chi connectivity index (χ4v) is 3.49. The van der Waals surface area contributed by atoms with E-state index in [0.29, 0.717) is 27.1 Å². The van der Waals surface area contributed by atoms with E-state index in [-0.39, 0.29) is 17.2 Å². The van der Waals surface area contributed by atoms with Crippen LogP contribution in [0.25, 0.3) is 0 Å².